The number of halogens is 1. The Bertz CT molecular complexity index is 517. The van der Waals surface area contributed by atoms with Crippen molar-refractivity contribution in [1.29, 1.82) is 0 Å². The Hall–Kier alpha value is -1.17. The van der Waals surface area contributed by atoms with E-state index in [0.29, 0.717) is 30.8 Å². The zero-order valence-electron chi connectivity index (χ0n) is 13.4. The summed E-state index contributed by atoms with van der Waals surface area (Å²) in [5, 5.41) is 0. The van der Waals surface area contributed by atoms with Gasteiger partial charge in [-0.1, -0.05) is 19.3 Å². The van der Waals surface area contributed by atoms with Gasteiger partial charge in [-0.25, -0.2) is 9.97 Å². The molecule has 126 valence electrons. The quantitative estimate of drug-likeness (QED) is 0.799. The SMILES string of the molecule is O=C(CC1CCCCC1)N1CCCC(Oc2ncc(Br)cn2)C1. The zero-order valence-corrected chi connectivity index (χ0v) is 15.0. The summed E-state index contributed by atoms with van der Waals surface area (Å²) in [4.78, 5) is 22.8. The van der Waals surface area contributed by atoms with Crippen molar-refractivity contribution in [3.8, 4) is 6.01 Å². The fourth-order valence-corrected chi connectivity index (χ4v) is 3.74. The van der Waals surface area contributed by atoms with Gasteiger partial charge in [-0.2, -0.15) is 0 Å². The van der Waals surface area contributed by atoms with Crippen LogP contribution in [0.1, 0.15) is 51.4 Å². The lowest BCUT2D eigenvalue weighted by molar-refractivity contribution is -0.135. The van der Waals surface area contributed by atoms with Gasteiger partial charge in [0.05, 0.1) is 11.0 Å². The number of hydrogen-bond donors (Lipinski definition) is 0. The molecule has 0 bridgehead atoms. The molecule has 1 saturated carbocycles. The number of rotatable bonds is 4. The molecule has 1 unspecified atom stereocenters. The molecule has 1 atom stereocenters. The third-order valence-corrected chi connectivity index (χ3v) is 5.20. The summed E-state index contributed by atoms with van der Waals surface area (Å²) in [6.45, 7) is 1.51. The van der Waals surface area contributed by atoms with Crippen molar-refractivity contribution in [2.24, 2.45) is 5.92 Å². The van der Waals surface area contributed by atoms with E-state index in [4.69, 9.17) is 4.74 Å². The Morgan fingerprint density at radius 3 is 2.65 bits per heavy atom. The summed E-state index contributed by atoms with van der Waals surface area (Å²) in [5.41, 5.74) is 0. The van der Waals surface area contributed by atoms with Crippen LogP contribution in [0.15, 0.2) is 16.9 Å². The largest absolute Gasteiger partial charge is 0.458 e. The highest BCUT2D eigenvalue weighted by atomic mass is 79.9. The first-order valence-corrected chi connectivity index (χ1v) is 9.42. The number of ether oxygens (including phenoxy) is 1. The zero-order chi connectivity index (χ0) is 16.1. The molecule has 23 heavy (non-hydrogen) atoms. The minimum Gasteiger partial charge on any atom is -0.458 e. The number of hydrogen-bond acceptors (Lipinski definition) is 4. The Morgan fingerprint density at radius 2 is 1.91 bits per heavy atom. The Morgan fingerprint density at radius 1 is 1.17 bits per heavy atom. The van der Waals surface area contributed by atoms with Crippen LogP contribution in [0.5, 0.6) is 6.01 Å². The van der Waals surface area contributed by atoms with Crippen molar-refractivity contribution in [3.63, 3.8) is 0 Å². The van der Waals surface area contributed by atoms with Crippen LogP contribution in [-0.2, 0) is 4.79 Å². The maximum absolute atomic E-state index is 12.5. The summed E-state index contributed by atoms with van der Waals surface area (Å²) in [7, 11) is 0. The van der Waals surface area contributed by atoms with Crippen molar-refractivity contribution in [3.05, 3.63) is 16.9 Å². The average molecular weight is 382 g/mol. The molecule has 0 spiro atoms. The second kappa shape index (κ2) is 8.08. The second-order valence-electron chi connectivity index (χ2n) is 6.61. The van der Waals surface area contributed by atoms with E-state index in [1.54, 1.807) is 12.4 Å². The summed E-state index contributed by atoms with van der Waals surface area (Å²) in [5.74, 6) is 0.884. The molecule has 5 nitrogen and oxygen atoms in total. The fraction of sp³-hybridized carbons (Fsp3) is 0.706. The monoisotopic (exact) mass is 381 g/mol. The van der Waals surface area contributed by atoms with Gasteiger partial charge in [0.2, 0.25) is 5.91 Å². The van der Waals surface area contributed by atoms with Gasteiger partial charge in [-0.3, -0.25) is 4.79 Å². The smallest absolute Gasteiger partial charge is 0.316 e. The minimum absolute atomic E-state index is 0.000214. The molecule has 0 N–H and O–H groups in total. The fourth-order valence-electron chi connectivity index (χ4n) is 3.54. The van der Waals surface area contributed by atoms with Crippen molar-refractivity contribution in [2.75, 3.05) is 13.1 Å². The molecule has 2 aliphatic rings. The molecule has 0 aromatic carbocycles. The summed E-state index contributed by atoms with van der Waals surface area (Å²) in [6.07, 6.45) is 12.3. The molecule has 1 aliphatic heterocycles. The van der Waals surface area contributed by atoms with Crippen LogP contribution >= 0.6 is 15.9 Å². The predicted molar refractivity (Wildman–Crippen MR) is 91.2 cm³/mol. The predicted octanol–water partition coefficient (Wildman–Crippen LogP) is 3.58. The van der Waals surface area contributed by atoms with Crippen LogP contribution in [0.4, 0.5) is 0 Å². The van der Waals surface area contributed by atoms with Gasteiger partial charge in [0, 0.05) is 25.4 Å². The number of nitrogens with zero attached hydrogens (tertiary/aromatic N) is 3. The van der Waals surface area contributed by atoms with Crippen LogP contribution in [0, 0.1) is 5.92 Å². The van der Waals surface area contributed by atoms with E-state index in [1.165, 1.54) is 32.1 Å². The van der Waals surface area contributed by atoms with Gasteiger partial charge >= 0.3 is 6.01 Å². The highest BCUT2D eigenvalue weighted by Gasteiger charge is 2.27. The Labute approximate surface area is 146 Å². The third-order valence-electron chi connectivity index (χ3n) is 4.79. The van der Waals surface area contributed by atoms with E-state index in [9.17, 15) is 4.79 Å². The molecule has 3 rings (SSSR count). The van der Waals surface area contributed by atoms with Crippen LogP contribution in [0.25, 0.3) is 0 Å². The van der Waals surface area contributed by atoms with Gasteiger partial charge < -0.3 is 9.64 Å². The number of carbonyl (C=O) groups excluding carboxylic acids is 1. The van der Waals surface area contributed by atoms with Crippen LogP contribution in [-0.4, -0.2) is 40.0 Å². The molecular formula is C17H24BrN3O2. The molecule has 0 radical (unpaired) electrons. The number of piperidine rings is 1. The first kappa shape index (κ1) is 16.7. The summed E-state index contributed by atoms with van der Waals surface area (Å²) < 4.78 is 6.68. The van der Waals surface area contributed by atoms with Crippen molar-refractivity contribution < 1.29 is 9.53 Å². The van der Waals surface area contributed by atoms with Gasteiger partial charge in [0.1, 0.15) is 6.10 Å². The van der Waals surface area contributed by atoms with Gasteiger partial charge in [0.15, 0.2) is 0 Å². The number of carbonyl (C=O) groups is 1. The van der Waals surface area contributed by atoms with Gasteiger partial charge in [-0.15, -0.1) is 0 Å². The lowest BCUT2D eigenvalue weighted by Gasteiger charge is -2.33. The minimum atomic E-state index is 0.000214. The maximum Gasteiger partial charge on any atom is 0.316 e. The highest BCUT2D eigenvalue weighted by molar-refractivity contribution is 9.10. The lowest BCUT2D eigenvalue weighted by Crippen LogP contribution is -2.45. The number of aromatic nitrogens is 2. The first-order chi connectivity index (χ1) is 11.2. The van der Waals surface area contributed by atoms with Crippen molar-refractivity contribution in [2.45, 2.75) is 57.5 Å². The molecule has 1 aromatic rings. The first-order valence-electron chi connectivity index (χ1n) is 8.62. The molecule has 2 heterocycles. The lowest BCUT2D eigenvalue weighted by atomic mass is 9.86. The molecule has 1 saturated heterocycles. The normalized spacial score (nSPS) is 22.8. The van der Waals surface area contributed by atoms with Crippen molar-refractivity contribution >= 4 is 21.8 Å². The van der Waals surface area contributed by atoms with Gasteiger partial charge in [-0.05, 0) is 47.5 Å². The van der Waals surface area contributed by atoms with E-state index in [-0.39, 0.29) is 6.10 Å². The summed E-state index contributed by atoms with van der Waals surface area (Å²) in [6, 6.07) is 0.389. The van der Waals surface area contributed by atoms with Crippen LogP contribution in [0.2, 0.25) is 0 Å². The summed E-state index contributed by atoms with van der Waals surface area (Å²) >= 11 is 3.31. The second-order valence-corrected chi connectivity index (χ2v) is 7.53. The molecule has 1 aliphatic carbocycles. The molecular weight excluding hydrogens is 358 g/mol. The van der Waals surface area contributed by atoms with Gasteiger partial charge in [0.25, 0.3) is 0 Å². The van der Waals surface area contributed by atoms with E-state index < -0.39 is 0 Å². The maximum atomic E-state index is 12.5. The van der Waals surface area contributed by atoms with Crippen LogP contribution in [0.3, 0.4) is 0 Å². The van der Waals surface area contributed by atoms with Crippen LogP contribution < -0.4 is 4.74 Å². The number of amides is 1. The Kier molecular flexibility index (Phi) is 5.86. The molecule has 1 aromatic heterocycles. The van der Waals surface area contributed by atoms with E-state index in [0.717, 1.165) is 23.9 Å². The molecule has 2 fully saturated rings. The van der Waals surface area contributed by atoms with E-state index >= 15 is 0 Å². The van der Waals surface area contributed by atoms with E-state index in [2.05, 4.69) is 25.9 Å². The third kappa shape index (κ3) is 4.90. The molecule has 1 amide bonds. The van der Waals surface area contributed by atoms with E-state index in [1.807, 2.05) is 4.90 Å². The molecule has 6 heteroatoms. The number of likely N-dealkylation sites (tertiary alicyclic amines) is 1. The highest BCUT2D eigenvalue weighted by Crippen LogP contribution is 2.27. The topological polar surface area (TPSA) is 55.3 Å². The Balaban J connectivity index is 1.50. The standard InChI is InChI=1S/C17H24BrN3O2/c18-14-10-19-17(20-11-14)23-15-7-4-8-21(12-15)16(22)9-13-5-2-1-3-6-13/h10-11,13,15H,1-9,12H2. The average Bonchev–Trinajstić information content (AvgIpc) is 2.58. The van der Waals surface area contributed by atoms with Crippen molar-refractivity contribution in [1.82, 2.24) is 14.9 Å².